The zero-order valence-corrected chi connectivity index (χ0v) is 17.9. The van der Waals surface area contributed by atoms with Crippen molar-refractivity contribution < 1.29 is 19.4 Å². The lowest BCUT2D eigenvalue weighted by atomic mass is 10.1. The SMILES string of the molecule is COc1cc(Nc2nccc(-c3ccc(OC4CCN(C(=O)CO)C4)c(C#N)c3)n2)ccn1. The molecule has 1 aliphatic heterocycles. The molecule has 0 bridgehead atoms. The van der Waals surface area contributed by atoms with Gasteiger partial charge in [-0.25, -0.2) is 15.0 Å². The Kier molecular flexibility index (Phi) is 6.61. The molecule has 1 amide bonds. The molecule has 33 heavy (non-hydrogen) atoms. The third kappa shape index (κ3) is 5.16. The minimum Gasteiger partial charge on any atom is -0.487 e. The first-order chi connectivity index (χ1) is 16.1. The zero-order valence-electron chi connectivity index (χ0n) is 17.9. The second-order valence-electron chi connectivity index (χ2n) is 7.33. The molecule has 1 aromatic carbocycles. The van der Waals surface area contributed by atoms with Gasteiger partial charge < -0.3 is 24.8 Å². The average Bonchev–Trinajstić information content (AvgIpc) is 3.32. The standard InChI is InChI=1S/C23H22N6O4/c1-32-21-11-17(4-7-25-21)27-23-26-8-5-19(28-23)15-2-3-20(16(10-15)12-24)33-18-6-9-29(13-18)22(31)14-30/h2-5,7-8,10-11,18,30H,6,9,13-14H2,1H3,(H,25,26,27,28). The number of anilines is 2. The van der Waals surface area contributed by atoms with E-state index in [1.807, 2.05) is 6.07 Å². The number of rotatable bonds is 7. The summed E-state index contributed by atoms with van der Waals surface area (Å²) in [6, 6.07) is 12.7. The van der Waals surface area contributed by atoms with Gasteiger partial charge in [0.25, 0.3) is 0 Å². The van der Waals surface area contributed by atoms with Crippen LogP contribution in [0.5, 0.6) is 11.6 Å². The molecule has 1 unspecified atom stereocenters. The maximum Gasteiger partial charge on any atom is 0.248 e. The molecular formula is C23H22N6O4. The minimum absolute atomic E-state index is 0.231. The number of nitrogens with zero attached hydrogens (tertiary/aromatic N) is 5. The van der Waals surface area contributed by atoms with Gasteiger partial charge in [-0.15, -0.1) is 0 Å². The van der Waals surface area contributed by atoms with Crippen LogP contribution >= 0.6 is 0 Å². The molecule has 2 aromatic heterocycles. The number of nitrogens with one attached hydrogen (secondary N) is 1. The maximum atomic E-state index is 11.7. The summed E-state index contributed by atoms with van der Waals surface area (Å²) in [6.45, 7) is 0.381. The summed E-state index contributed by atoms with van der Waals surface area (Å²) in [5.41, 5.74) is 2.47. The number of nitriles is 1. The lowest BCUT2D eigenvalue weighted by Gasteiger charge is -2.17. The Hall–Kier alpha value is -4.23. The van der Waals surface area contributed by atoms with Crippen molar-refractivity contribution in [1.29, 1.82) is 5.26 Å². The first-order valence-corrected chi connectivity index (χ1v) is 10.3. The average molecular weight is 446 g/mol. The van der Waals surface area contributed by atoms with Crippen molar-refractivity contribution >= 4 is 17.5 Å². The van der Waals surface area contributed by atoms with Gasteiger partial charge in [0.05, 0.1) is 24.9 Å². The van der Waals surface area contributed by atoms with E-state index in [1.165, 1.54) is 0 Å². The quantitative estimate of drug-likeness (QED) is 0.560. The molecule has 0 aliphatic carbocycles. The highest BCUT2D eigenvalue weighted by Gasteiger charge is 2.27. The summed E-state index contributed by atoms with van der Waals surface area (Å²) in [6.07, 6.45) is 3.65. The van der Waals surface area contributed by atoms with E-state index in [4.69, 9.17) is 14.6 Å². The zero-order chi connectivity index (χ0) is 23.2. The van der Waals surface area contributed by atoms with E-state index in [1.54, 1.807) is 54.7 Å². The van der Waals surface area contributed by atoms with Gasteiger partial charge in [0, 0.05) is 42.7 Å². The Morgan fingerprint density at radius 3 is 2.91 bits per heavy atom. The van der Waals surface area contributed by atoms with Crippen LogP contribution in [0.3, 0.4) is 0 Å². The third-order valence-electron chi connectivity index (χ3n) is 5.18. The fraction of sp³-hybridized carbons (Fsp3) is 0.261. The number of aliphatic hydroxyl groups is 1. The van der Waals surface area contributed by atoms with E-state index >= 15 is 0 Å². The number of aliphatic hydroxyl groups excluding tert-OH is 1. The minimum atomic E-state index is -0.519. The van der Waals surface area contributed by atoms with Crippen molar-refractivity contribution in [2.75, 3.05) is 32.1 Å². The summed E-state index contributed by atoms with van der Waals surface area (Å²) < 4.78 is 11.1. The molecule has 10 nitrogen and oxygen atoms in total. The van der Waals surface area contributed by atoms with Crippen molar-refractivity contribution in [3.63, 3.8) is 0 Å². The fourth-order valence-electron chi connectivity index (χ4n) is 3.52. The molecule has 1 fully saturated rings. The molecule has 2 N–H and O–H groups in total. The van der Waals surface area contributed by atoms with Crippen molar-refractivity contribution in [3.05, 3.63) is 54.4 Å². The van der Waals surface area contributed by atoms with Crippen LogP contribution in [-0.2, 0) is 4.79 Å². The first kappa shape index (κ1) is 22.0. The Labute approximate surface area is 190 Å². The predicted octanol–water partition coefficient (Wildman–Crippen LogP) is 2.13. The largest absolute Gasteiger partial charge is 0.487 e. The number of ether oxygens (including phenoxy) is 2. The molecule has 0 radical (unpaired) electrons. The van der Waals surface area contributed by atoms with Crippen molar-refractivity contribution in [3.8, 4) is 29.0 Å². The number of carbonyl (C=O) groups is 1. The van der Waals surface area contributed by atoms with Crippen molar-refractivity contribution in [2.24, 2.45) is 0 Å². The summed E-state index contributed by atoms with van der Waals surface area (Å²) in [7, 11) is 1.54. The van der Waals surface area contributed by atoms with E-state index in [9.17, 15) is 10.1 Å². The van der Waals surface area contributed by atoms with Crippen LogP contribution in [-0.4, -0.2) is 63.8 Å². The monoisotopic (exact) mass is 446 g/mol. The summed E-state index contributed by atoms with van der Waals surface area (Å²) in [5.74, 6) is 0.979. The van der Waals surface area contributed by atoms with Gasteiger partial charge in [-0.3, -0.25) is 4.79 Å². The number of methoxy groups -OCH3 is 1. The van der Waals surface area contributed by atoms with Crippen LogP contribution < -0.4 is 14.8 Å². The lowest BCUT2D eigenvalue weighted by molar-refractivity contribution is -0.133. The van der Waals surface area contributed by atoms with Crippen LogP contribution in [0.1, 0.15) is 12.0 Å². The molecule has 0 saturated carbocycles. The molecule has 0 spiro atoms. The lowest BCUT2D eigenvalue weighted by Crippen LogP contribution is -2.32. The first-order valence-electron chi connectivity index (χ1n) is 10.3. The molecule has 3 heterocycles. The number of benzene rings is 1. The number of carbonyl (C=O) groups excluding carboxylic acids is 1. The molecule has 10 heteroatoms. The molecule has 3 aromatic rings. The molecule has 1 atom stereocenters. The third-order valence-corrected chi connectivity index (χ3v) is 5.18. The topological polar surface area (TPSA) is 133 Å². The number of hydrogen-bond acceptors (Lipinski definition) is 9. The van der Waals surface area contributed by atoms with Crippen LogP contribution in [0.25, 0.3) is 11.3 Å². The van der Waals surface area contributed by atoms with Gasteiger partial charge in [0.15, 0.2) is 0 Å². The molecule has 4 rings (SSSR count). The highest BCUT2D eigenvalue weighted by atomic mass is 16.5. The van der Waals surface area contributed by atoms with E-state index in [-0.39, 0.29) is 12.0 Å². The highest BCUT2D eigenvalue weighted by molar-refractivity contribution is 5.77. The Morgan fingerprint density at radius 1 is 1.27 bits per heavy atom. The second-order valence-corrected chi connectivity index (χ2v) is 7.33. The Bertz CT molecular complexity index is 1200. The Morgan fingerprint density at radius 2 is 2.12 bits per heavy atom. The van der Waals surface area contributed by atoms with Crippen LogP contribution in [0.15, 0.2) is 48.8 Å². The second kappa shape index (κ2) is 9.93. The van der Waals surface area contributed by atoms with E-state index in [2.05, 4.69) is 26.3 Å². The van der Waals surface area contributed by atoms with Gasteiger partial charge in [-0.05, 0) is 30.3 Å². The summed E-state index contributed by atoms with van der Waals surface area (Å²) in [4.78, 5) is 26.1. The summed E-state index contributed by atoms with van der Waals surface area (Å²) in [5, 5.41) is 21.8. The summed E-state index contributed by atoms with van der Waals surface area (Å²) >= 11 is 0. The van der Waals surface area contributed by atoms with Gasteiger partial charge in [-0.1, -0.05) is 0 Å². The molecule has 1 saturated heterocycles. The number of likely N-dealkylation sites (tertiary alicyclic amines) is 1. The number of aromatic nitrogens is 3. The van der Waals surface area contributed by atoms with Gasteiger partial charge >= 0.3 is 0 Å². The maximum absolute atomic E-state index is 11.7. The van der Waals surface area contributed by atoms with Gasteiger partial charge in [-0.2, -0.15) is 5.26 Å². The number of amides is 1. The van der Waals surface area contributed by atoms with Crippen molar-refractivity contribution in [1.82, 2.24) is 19.9 Å². The van der Waals surface area contributed by atoms with E-state index in [0.29, 0.717) is 48.3 Å². The van der Waals surface area contributed by atoms with E-state index in [0.717, 1.165) is 11.3 Å². The van der Waals surface area contributed by atoms with Gasteiger partial charge in [0.2, 0.25) is 17.7 Å². The number of hydrogen-bond donors (Lipinski definition) is 2. The van der Waals surface area contributed by atoms with Crippen LogP contribution in [0.2, 0.25) is 0 Å². The predicted molar refractivity (Wildman–Crippen MR) is 119 cm³/mol. The molecule has 1 aliphatic rings. The van der Waals surface area contributed by atoms with Gasteiger partial charge in [0.1, 0.15) is 24.5 Å². The van der Waals surface area contributed by atoms with Crippen LogP contribution in [0.4, 0.5) is 11.6 Å². The molecule has 168 valence electrons. The fourth-order valence-corrected chi connectivity index (χ4v) is 3.52. The Balaban J connectivity index is 1.50. The van der Waals surface area contributed by atoms with Crippen molar-refractivity contribution in [2.45, 2.75) is 12.5 Å². The highest BCUT2D eigenvalue weighted by Crippen LogP contribution is 2.28. The molecular weight excluding hydrogens is 424 g/mol. The number of pyridine rings is 1. The normalized spacial score (nSPS) is 15.1. The van der Waals surface area contributed by atoms with Crippen LogP contribution in [0, 0.1) is 11.3 Å². The van der Waals surface area contributed by atoms with E-state index < -0.39 is 6.61 Å². The smallest absolute Gasteiger partial charge is 0.248 e.